The molecule has 1 heterocycles. The average molecular weight is 462 g/mol. The lowest BCUT2D eigenvalue weighted by atomic mass is 10.2. The maximum absolute atomic E-state index is 13.3. The topological polar surface area (TPSA) is 27.1 Å². The molecular formula is C18H28FIN2OSi. The molecular weight excluding hydrogens is 434 g/mol. The van der Waals surface area contributed by atoms with Crippen molar-refractivity contribution in [2.45, 2.75) is 64.7 Å². The van der Waals surface area contributed by atoms with E-state index in [4.69, 9.17) is 4.43 Å². The zero-order valence-corrected chi connectivity index (χ0v) is 18.5. The second-order valence-electron chi connectivity index (χ2n) is 7.84. The molecule has 0 saturated heterocycles. The van der Waals surface area contributed by atoms with Crippen molar-refractivity contribution in [3.8, 4) is 0 Å². The first-order valence-electron chi connectivity index (χ1n) is 8.57. The number of rotatable bonds is 7. The summed E-state index contributed by atoms with van der Waals surface area (Å²) in [7, 11) is -1.62. The lowest BCUT2D eigenvalue weighted by Crippen LogP contribution is -2.40. The third-order valence-corrected chi connectivity index (χ3v) is 10.3. The maximum Gasteiger partial charge on any atom is 0.191 e. The summed E-state index contributed by atoms with van der Waals surface area (Å²) >= 11 is 2.17. The maximum atomic E-state index is 13.3. The van der Waals surface area contributed by atoms with Crippen LogP contribution in [0.5, 0.6) is 0 Å². The van der Waals surface area contributed by atoms with Gasteiger partial charge < -0.3 is 4.43 Å². The van der Waals surface area contributed by atoms with Crippen LogP contribution in [-0.4, -0.2) is 24.7 Å². The van der Waals surface area contributed by atoms with E-state index in [2.05, 4.69) is 61.6 Å². The monoisotopic (exact) mass is 462 g/mol. The van der Waals surface area contributed by atoms with Crippen molar-refractivity contribution < 1.29 is 8.82 Å². The summed E-state index contributed by atoms with van der Waals surface area (Å²) in [6, 6.07) is 4.89. The third kappa shape index (κ3) is 4.79. The number of aryl methyl sites for hydroxylation is 1. The smallest absolute Gasteiger partial charge is 0.191 e. The van der Waals surface area contributed by atoms with E-state index in [9.17, 15) is 4.39 Å². The minimum atomic E-state index is -1.62. The number of benzene rings is 1. The van der Waals surface area contributed by atoms with Crippen LogP contribution in [0.2, 0.25) is 18.1 Å². The second-order valence-corrected chi connectivity index (χ2v) is 13.7. The van der Waals surface area contributed by atoms with Crippen molar-refractivity contribution in [2.75, 3.05) is 6.61 Å². The number of fused-ring (bicyclic) bond motifs is 1. The third-order valence-electron chi connectivity index (χ3n) is 4.95. The minimum Gasteiger partial charge on any atom is -0.417 e. The Kier molecular flexibility index (Phi) is 6.47. The summed E-state index contributed by atoms with van der Waals surface area (Å²) in [4.78, 5) is 0. The van der Waals surface area contributed by atoms with Crippen LogP contribution in [0.25, 0.3) is 10.9 Å². The fourth-order valence-electron chi connectivity index (χ4n) is 2.37. The molecule has 3 nitrogen and oxygen atoms in total. The largest absolute Gasteiger partial charge is 0.417 e. The molecule has 0 radical (unpaired) electrons. The van der Waals surface area contributed by atoms with Crippen molar-refractivity contribution in [2.24, 2.45) is 0 Å². The summed E-state index contributed by atoms with van der Waals surface area (Å²) in [6.07, 6.45) is 3.26. The molecule has 0 spiro atoms. The van der Waals surface area contributed by atoms with Gasteiger partial charge in [0.2, 0.25) is 0 Å². The normalized spacial score (nSPS) is 13.0. The SMILES string of the molecule is CC(C)(C)[Si](C)(C)OCCCCCn1nc(I)c2cc(F)ccc21. The van der Waals surface area contributed by atoms with E-state index >= 15 is 0 Å². The summed E-state index contributed by atoms with van der Waals surface area (Å²) in [6.45, 7) is 13.1. The fraction of sp³-hybridized carbons (Fsp3) is 0.611. The molecule has 2 rings (SSSR count). The molecule has 0 bridgehead atoms. The molecule has 0 atom stereocenters. The van der Waals surface area contributed by atoms with E-state index in [1.54, 1.807) is 6.07 Å². The summed E-state index contributed by atoms with van der Waals surface area (Å²) in [5, 5.41) is 5.70. The molecule has 6 heteroatoms. The van der Waals surface area contributed by atoms with E-state index in [0.29, 0.717) is 0 Å². The first-order valence-corrected chi connectivity index (χ1v) is 12.6. The van der Waals surface area contributed by atoms with Crippen molar-refractivity contribution in [3.63, 3.8) is 0 Å². The highest BCUT2D eigenvalue weighted by Gasteiger charge is 2.36. The van der Waals surface area contributed by atoms with Crippen molar-refractivity contribution in [3.05, 3.63) is 27.7 Å². The Hall–Kier alpha value is -0.473. The number of unbranched alkanes of at least 4 members (excludes halogenated alkanes) is 2. The second kappa shape index (κ2) is 7.82. The number of hydrogen-bond acceptors (Lipinski definition) is 2. The van der Waals surface area contributed by atoms with Gasteiger partial charge in [-0.05, 0) is 78.2 Å². The number of nitrogens with zero attached hydrogens (tertiary/aromatic N) is 2. The van der Waals surface area contributed by atoms with Gasteiger partial charge in [-0.2, -0.15) is 5.10 Å². The predicted molar refractivity (Wildman–Crippen MR) is 109 cm³/mol. The Morgan fingerprint density at radius 2 is 1.92 bits per heavy atom. The molecule has 0 aliphatic rings. The molecule has 0 aliphatic heterocycles. The first kappa shape index (κ1) is 19.8. The van der Waals surface area contributed by atoms with Gasteiger partial charge in [0.15, 0.2) is 8.32 Å². The Labute approximate surface area is 159 Å². The fourth-order valence-corrected chi connectivity index (χ4v) is 4.15. The quantitative estimate of drug-likeness (QED) is 0.288. The van der Waals surface area contributed by atoms with Crippen LogP contribution in [-0.2, 0) is 11.0 Å². The lowest BCUT2D eigenvalue weighted by Gasteiger charge is -2.36. The van der Waals surface area contributed by atoms with Crippen molar-refractivity contribution in [1.29, 1.82) is 0 Å². The molecule has 0 fully saturated rings. The van der Waals surface area contributed by atoms with Gasteiger partial charge in [0.1, 0.15) is 9.52 Å². The molecule has 2 aromatic rings. The zero-order valence-electron chi connectivity index (χ0n) is 15.3. The minimum absolute atomic E-state index is 0.206. The van der Waals surface area contributed by atoms with Crippen LogP contribution in [0.4, 0.5) is 4.39 Å². The highest BCUT2D eigenvalue weighted by molar-refractivity contribution is 14.1. The van der Waals surface area contributed by atoms with Gasteiger partial charge in [-0.25, -0.2) is 4.39 Å². The van der Waals surface area contributed by atoms with Crippen LogP contribution in [0.3, 0.4) is 0 Å². The van der Waals surface area contributed by atoms with Crippen molar-refractivity contribution >= 4 is 41.8 Å². The summed E-state index contributed by atoms with van der Waals surface area (Å²) < 4.78 is 22.4. The molecule has 24 heavy (non-hydrogen) atoms. The van der Waals surface area contributed by atoms with Crippen LogP contribution in [0.15, 0.2) is 18.2 Å². The molecule has 0 unspecified atom stereocenters. The van der Waals surface area contributed by atoms with Gasteiger partial charge >= 0.3 is 0 Å². The molecule has 1 aromatic carbocycles. The van der Waals surface area contributed by atoms with Crippen LogP contribution in [0, 0.1) is 9.52 Å². The standard InChI is InChI=1S/C18H28FIN2OSi/c1-18(2,3)24(4,5)23-12-8-6-7-11-22-16-10-9-14(19)13-15(16)17(20)21-22/h9-10,13H,6-8,11-12H2,1-5H3. The molecule has 0 saturated carbocycles. The molecule has 0 amide bonds. The van der Waals surface area contributed by atoms with Gasteiger partial charge in [0.05, 0.1) is 5.52 Å². The molecule has 0 N–H and O–H groups in total. The van der Waals surface area contributed by atoms with E-state index in [1.165, 1.54) is 6.07 Å². The number of aromatic nitrogens is 2. The Morgan fingerprint density at radius 1 is 1.21 bits per heavy atom. The highest BCUT2D eigenvalue weighted by Crippen LogP contribution is 2.36. The molecule has 1 aromatic heterocycles. The van der Waals surface area contributed by atoms with Crippen LogP contribution < -0.4 is 0 Å². The van der Waals surface area contributed by atoms with Gasteiger partial charge in [-0.1, -0.05) is 20.8 Å². The van der Waals surface area contributed by atoms with Gasteiger partial charge in [-0.15, -0.1) is 0 Å². The Morgan fingerprint density at radius 3 is 2.58 bits per heavy atom. The molecule has 0 aliphatic carbocycles. The van der Waals surface area contributed by atoms with Crippen LogP contribution in [0.1, 0.15) is 40.0 Å². The summed E-state index contributed by atoms with van der Waals surface area (Å²) in [5.41, 5.74) is 1.01. The Balaban J connectivity index is 1.80. The van der Waals surface area contributed by atoms with E-state index in [1.807, 2.05) is 10.7 Å². The van der Waals surface area contributed by atoms with Gasteiger partial charge in [0.25, 0.3) is 0 Å². The zero-order chi connectivity index (χ0) is 18.0. The number of hydrogen-bond donors (Lipinski definition) is 0. The first-order chi connectivity index (χ1) is 11.1. The van der Waals surface area contributed by atoms with E-state index < -0.39 is 8.32 Å². The van der Waals surface area contributed by atoms with E-state index in [-0.39, 0.29) is 10.9 Å². The van der Waals surface area contributed by atoms with E-state index in [0.717, 1.165) is 47.0 Å². The van der Waals surface area contributed by atoms with Gasteiger partial charge in [-0.3, -0.25) is 4.68 Å². The van der Waals surface area contributed by atoms with Crippen LogP contribution >= 0.6 is 22.6 Å². The molecule has 134 valence electrons. The van der Waals surface area contributed by atoms with Crippen molar-refractivity contribution in [1.82, 2.24) is 9.78 Å². The number of halogens is 2. The Bertz CT molecular complexity index is 694. The average Bonchev–Trinajstić information content (AvgIpc) is 2.77. The summed E-state index contributed by atoms with van der Waals surface area (Å²) in [5.74, 6) is -0.206. The van der Waals surface area contributed by atoms with Gasteiger partial charge in [0, 0.05) is 18.5 Å². The lowest BCUT2D eigenvalue weighted by molar-refractivity contribution is 0.276. The highest BCUT2D eigenvalue weighted by atomic mass is 127. The predicted octanol–water partition coefficient (Wildman–Crippen LogP) is 5.97.